The van der Waals surface area contributed by atoms with Gasteiger partial charge in [0, 0.05) is 10.6 Å². The maximum Gasteiger partial charge on any atom is 0.252 e. The van der Waals surface area contributed by atoms with Gasteiger partial charge < -0.3 is 10.4 Å². The number of aryl methyl sites for hydroxylation is 1. The van der Waals surface area contributed by atoms with Crippen LogP contribution in [-0.4, -0.2) is 17.6 Å². The molecule has 2 rings (SSSR count). The van der Waals surface area contributed by atoms with Crippen molar-refractivity contribution in [2.75, 3.05) is 6.61 Å². The van der Waals surface area contributed by atoms with E-state index in [0.29, 0.717) is 10.6 Å². The molecule has 1 amide bonds. The van der Waals surface area contributed by atoms with Crippen molar-refractivity contribution < 1.29 is 9.90 Å². The number of carbonyl (C=O) groups excluding carboxylic acids is 1. The normalized spacial score (nSPS) is 11.9. The van der Waals surface area contributed by atoms with Crippen molar-refractivity contribution >= 4 is 17.5 Å². The summed E-state index contributed by atoms with van der Waals surface area (Å²) in [5, 5.41) is 12.9. The van der Waals surface area contributed by atoms with E-state index < -0.39 is 6.04 Å². The van der Waals surface area contributed by atoms with Crippen molar-refractivity contribution in [3.05, 3.63) is 70.2 Å². The van der Waals surface area contributed by atoms with Gasteiger partial charge in [-0.2, -0.15) is 0 Å². The van der Waals surface area contributed by atoms with Crippen LogP contribution < -0.4 is 5.32 Å². The largest absolute Gasteiger partial charge is 0.394 e. The minimum absolute atomic E-state index is 0.183. The number of aliphatic hydroxyl groups is 1. The molecule has 0 heterocycles. The minimum Gasteiger partial charge on any atom is -0.394 e. The van der Waals surface area contributed by atoms with E-state index in [0.717, 1.165) is 11.1 Å². The van der Waals surface area contributed by atoms with Crippen LogP contribution >= 0.6 is 11.6 Å². The SMILES string of the molecule is Cc1ccccc1C(=O)NC(CO)c1cccc(Cl)c1. The van der Waals surface area contributed by atoms with Gasteiger partial charge in [-0.05, 0) is 36.2 Å². The number of carbonyl (C=O) groups is 1. The fourth-order valence-electron chi connectivity index (χ4n) is 2.02. The predicted molar refractivity (Wildman–Crippen MR) is 79.9 cm³/mol. The minimum atomic E-state index is -0.471. The Hall–Kier alpha value is -1.84. The zero-order chi connectivity index (χ0) is 14.5. The van der Waals surface area contributed by atoms with E-state index in [1.165, 1.54) is 0 Å². The molecule has 0 aliphatic heterocycles. The molecule has 1 unspecified atom stereocenters. The van der Waals surface area contributed by atoms with Gasteiger partial charge in [0.2, 0.25) is 0 Å². The lowest BCUT2D eigenvalue weighted by molar-refractivity contribution is 0.0915. The highest BCUT2D eigenvalue weighted by Crippen LogP contribution is 2.18. The van der Waals surface area contributed by atoms with E-state index in [-0.39, 0.29) is 12.5 Å². The van der Waals surface area contributed by atoms with Gasteiger partial charge in [-0.15, -0.1) is 0 Å². The van der Waals surface area contributed by atoms with E-state index in [4.69, 9.17) is 11.6 Å². The maximum atomic E-state index is 12.2. The van der Waals surface area contributed by atoms with Gasteiger partial charge in [0.1, 0.15) is 0 Å². The highest BCUT2D eigenvalue weighted by atomic mass is 35.5. The molecule has 0 saturated heterocycles. The van der Waals surface area contributed by atoms with E-state index in [1.54, 1.807) is 24.3 Å². The standard InChI is InChI=1S/C16H16ClNO2/c1-11-5-2-3-8-14(11)16(20)18-15(10-19)12-6-4-7-13(17)9-12/h2-9,15,19H,10H2,1H3,(H,18,20). The predicted octanol–water partition coefficient (Wildman–Crippen LogP) is 3.11. The fourth-order valence-corrected chi connectivity index (χ4v) is 2.22. The Kier molecular flexibility index (Phi) is 4.77. The van der Waals surface area contributed by atoms with Crippen molar-refractivity contribution in [2.45, 2.75) is 13.0 Å². The first-order valence-corrected chi connectivity index (χ1v) is 6.72. The molecule has 0 aromatic heterocycles. The Morgan fingerprint density at radius 2 is 2.00 bits per heavy atom. The summed E-state index contributed by atoms with van der Waals surface area (Å²) in [6, 6.07) is 14.0. The second-order valence-electron chi connectivity index (χ2n) is 4.58. The molecular formula is C16H16ClNO2. The van der Waals surface area contributed by atoms with E-state index in [2.05, 4.69) is 5.32 Å². The lowest BCUT2D eigenvalue weighted by Gasteiger charge is -2.17. The Morgan fingerprint density at radius 3 is 2.65 bits per heavy atom. The molecule has 0 radical (unpaired) electrons. The Bertz CT molecular complexity index is 613. The summed E-state index contributed by atoms with van der Waals surface area (Å²) in [5.74, 6) is -0.206. The maximum absolute atomic E-state index is 12.2. The second-order valence-corrected chi connectivity index (χ2v) is 5.01. The van der Waals surface area contributed by atoms with Crippen LogP contribution in [0.25, 0.3) is 0 Å². The van der Waals surface area contributed by atoms with Crippen LogP contribution in [0.1, 0.15) is 27.5 Å². The van der Waals surface area contributed by atoms with Crippen molar-refractivity contribution in [2.24, 2.45) is 0 Å². The van der Waals surface area contributed by atoms with E-state index in [9.17, 15) is 9.90 Å². The number of hydrogen-bond donors (Lipinski definition) is 2. The quantitative estimate of drug-likeness (QED) is 0.908. The molecule has 0 saturated carbocycles. The molecule has 0 bridgehead atoms. The fraction of sp³-hybridized carbons (Fsp3) is 0.188. The molecule has 0 fully saturated rings. The van der Waals surface area contributed by atoms with Crippen LogP contribution in [0.3, 0.4) is 0 Å². The van der Waals surface area contributed by atoms with Crippen LogP contribution in [0.15, 0.2) is 48.5 Å². The summed E-state index contributed by atoms with van der Waals surface area (Å²) >= 11 is 5.93. The van der Waals surface area contributed by atoms with Crippen LogP contribution in [0.2, 0.25) is 5.02 Å². The molecule has 3 nitrogen and oxygen atoms in total. The molecule has 2 N–H and O–H groups in total. The van der Waals surface area contributed by atoms with E-state index in [1.807, 2.05) is 31.2 Å². The van der Waals surface area contributed by atoms with E-state index >= 15 is 0 Å². The first-order valence-electron chi connectivity index (χ1n) is 6.34. The van der Waals surface area contributed by atoms with Crippen molar-refractivity contribution in [3.63, 3.8) is 0 Å². The third-order valence-electron chi connectivity index (χ3n) is 3.13. The Morgan fingerprint density at radius 1 is 1.25 bits per heavy atom. The third kappa shape index (κ3) is 3.38. The van der Waals surface area contributed by atoms with Gasteiger partial charge in [0.05, 0.1) is 12.6 Å². The summed E-state index contributed by atoms with van der Waals surface area (Å²) in [6.07, 6.45) is 0. The number of benzene rings is 2. The number of aliphatic hydroxyl groups excluding tert-OH is 1. The molecule has 0 spiro atoms. The van der Waals surface area contributed by atoms with Gasteiger partial charge in [-0.1, -0.05) is 41.9 Å². The molecule has 4 heteroatoms. The molecule has 104 valence electrons. The highest BCUT2D eigenvalue weighted by molar-refractivity contribution is 6.30. The van der Waals surface area contributed by atoms with Crippen LogP contribution in [0.4, 0.5) is 0 Å². The number of nitrogens with one attached hydrogen (secondary N) is 1. The molecule has 0 aliphatic carbocycles. The lowest BCUT2D eigenvalue weighted by Crippen LogP contribution is -2.31. The number of hydrogen-bond acceptors (Lipinski definition) is 2. The summed E-state index contributed by atoms with van der Waals surface area (Å²) < 4.78 is 0. The third-order valence-corrected chi connectivity index (χ3v) is 3.36. The molecule has 2 aromatic rings. The van der Waals surface area contributed by atoms with Crippen molar-refractivity contribution in [3.8, 4) is 0 Å². The average Bonchev–Trinajstić information content (AvgIpc) is 2.45. The lowest BCUT2D eigenvalue weighted by atomic mass is 10.1. The van der Waals surface area contributed by atoms with Crippen molar-refractivity contribution in [1.82, 2.24) is 5.32 Å². The zero-order valence-electron chi connectivity index (χ0n) is 11.1. The first kappa shape index (κ1) is 14.6. The summed E-state index contributed by atoms with van der Waals surface area (Å²) in [4.78, 5) is 12.2. The molecular weight excluding hydrogens is 274 g/mol. The van der Waals surface area contributed by atoms with Crippen LogP contribution in [0.5, 0.6) is 0 Å². The smallest absolute Gasteiger partial charge is 0.252 e. The highest BCUT2D eigenvalue weighted by Gasteiger charge is 2.16. The van der Waals surface area contributed by atoms with Gasteiger partial charge in [0.25, 0.3) is 5.91 Å². The van der Waals surface area contributed by atoms with Gasteiger partial charge in [-0.25, -0.2) is 0 Å². The summed E-state index contributed by atoms with van der Waals surface area (Å²) in [5.41, 5.74) is 2.28. The Labute approximate surface area is 123 Å². The molecule has 0 aliphatic rings. The second kappa shape index (κ2) is 6.55. The monoisotopic (exact) mass is 289 g/mol. The van der Waals surface area contributed by atoms with Crippen LogP contribution in [-0.2, 0) is 0 Å². The zero-order valence-corrected chi connectivity index (χ0v) is 11.9. The van der Waals surface area contributed by atoms with Gasteiger partial charge in [-0.3, -0.25) is 4.79 Å². The topological polar surface area (TPSA) is 49.3 Å². The average molecular weight is 290 g/mol. The van der Waals surface area contributed by atoms with Crippen LogP contribution in [0, 0.1) is 6.92 Å². The summed E-state index contributed by atoms with van der Waals surface area (Å²) in [6.45, 7) is 1.69. The molecule has 1 atom stereocenters. The van der Waals surface area contributed by atoms with Crippen molar-refractivity contribution in [1.29, 1.82) is 0 Å². The summed E-state index contributed by atoms with van der Waals surface area (Å²) in [7, 11) is 0. The Balaban J connectivity index is 2.19. The molecule has 2 aromatic carbocycles. The van der Waals surface area contributed by atoms with Gasteiger partial charge in [0.15, 0.2) is 0 Å². The molecule has 20 heavy (non-hydrogen) atoms. The number of amides is 1. The first-order chi connectivity index (χ1) is 9.61. The van der Waals surface area contributed by atoms with Gasteiger partial charge >= 0.3 is 0 Å². The number of halogens is 1. The number of rotatable bonds is 4.